The SMILES string of the molecule is Cc1ccc(S(=O)(=O)OC(=NC(=N)N)[C@@H](Cc2ccc([N+](=O)[O-])c(CN3CCCCC3)c2)NS(=O)(=O)c2ccc(I)cc2)cc1. The van der Waals surface area contributed by atoms with Crippen LogP contribution in [-0.4, -0.2) is 57.6 Å². The first-order valence-corrected chi connectivity index (χ1v) is 17.9. The second-order valence-corrected chi connectivity index (χ2v) is 15.1. The Morgan fingerprint density at radius 1 is 1.04 bits per heavy atom. The largest absolute Gasteiger partial charge is 0.368 e. The van der Waals surface area contributed by atoms with E-state index in [4.69, 9.17) is 15.3 Å². The fourth-order valence-corrected chi connectivity index (χ4v) is 7.34. The zero-order valence-electron chi connectivity index (χ0n) is 24.3. The molecule has 1 fully saturated rings. The van der Waals surface area contributed by atoms with Crippen molar-refractivity contribution in [3.63, 3.8) is 0 Å². The maximum atomic E-state index is 13.5. The summed E-state index contributed by atoms with van der Waals surface area (Å²) >= 11 is 2.03. The molecule has 1 saturated heterocycles. The van der Waals surface area contributed by atoms with Crippen molar-refractivity contribution in [3.05, 3.63) is 97.1 Å². The van der Waals surface area contributed by atoms with E-state index >= 15 is 0 Å². The van der Waals surface area contributed by atoms with Gasteiger partial charge in [0.05, 0.1) is 9.82 Å². The molecule has 1 aliphatic rings. The van der Waals surface area contributed by atoms with Gasteiger partial charge in [0.2, 0.25) is 21.9 Å². The number of hydrogen-bond donors (Lipinski definition) is 3. The van der Waals surface area contributed by atoms with Crippen molar-refractivity contribution in [2.75, 3.05) is 13.1 Å². The average molecular weight is 769 g/mol. The Hall–Kier alpha value is -3.45. The van der Waals surface area contributed by atoms with Gasteiger partial charge in [-0.3, -0.25) is 20.4 Å². The number of sulfonamides is 1. The van der Waals surface area contributed by atoms with Crippen molar-refractivity contribution in [1.82, 2.24) is 9.62 Å². The normalized spacial score (nSPS) is 15.4. The van der Waals surface area contributed by atoms with E-state index in [9.17, 15) is 26.9 Å². The molecule has 0 bridgehead atoms. The summed E-state index contributed by atoms with van der Waals surface area (Å²) in [6.45, 7) is 3.68. The van der Waals surface area contributed by atoms with Gasteiger partial charge in [-0.25, -0.2) is 8.42 Å². The maximum absolute atomic E-state index is 13.5. The van der Waals surface area contributed by atoms with E-state index in [1.807, 2.05) is 22.6 Å². The predicted molar refractivity (Wildman–Crippen MR) is 178 cm³/mol. The Morgan fingerprint density at radius 2 is 1.67 bits per heavy atom. The molecule has 45 heavy (non-hydrogen) atoms. The third-order valence-corrected chi connectivity index (χ3v) is 10.5. The summed E-state index contributed by atoms with van der Waals surface area (Å²) in [4.78, 5) is 17.0. The Balaban J connectivity index is 1.76. The van der Waals surface area contributed by atoms with E-state index in [2.05, 4.69) is 14.6 Å². The van der Waals surface area contributed by atoms with E-state index in [1.54, 1.807) is 37.3 Å². The van der Waals surface area contributed by atoms with Gasteiger partial charge in [0.1, 0.15) is 10.9 Å². The van der Waals surface area contributed by atoms with Crippen molar-refractivity contribution in [2.45, 2.75) is 55.0 Å². The molecule has 240 valence electrons. The summed E-state index contributed by atoms with van der Waals surface area (Å²) in [6, 6.07) is 14.6. The monoisotopic (exact) mass is 768 g/mol. The third-order valence-electron chi connectivity index (χ3n) is 7.08. The molecule has 1 atom stereocenters. The van der Waals surface area contributed by atoms with Crippen LogP contribution in [0.15, 0.2) is 81.5 Å². The zero-order chi connectivity index (χ0) is 32.8. The van der Waals surface area contributed by atoms with Gasteiger partial charge in [-0.05, 0) is 110 Å². The average Bonchev–Trinajstić information content (AvgIpc) is 2.97. The molecule has 0 aliphatic carbocycles. The van der Waals surface area contributed by atoms with Crippen molar-refractivity contribution in [2.24, 2.45) is 10.7 Å². The fraction of sp³-hybridized carbons (Fsp3) is 0.310. The second kappa shape index (κ2) is 14.8. The summed E-state index contributed by atoms with van der Waals surface area (Å²) in [5, 5.41) is 19.6. The fourth-order valence-electron chi connectivity index (χ4n) is 4.85. The second-order valence-electron chi connectivity index (χ2n) is 10.6. The lowest BCUT2D eigenvalue weighted by atomic mass is 10.0. The highest BCUT2D eigenvalue weighted by Gasteiger charge is 2.31. The van der Waals surface area contributed by atoms with Gasteiger partial charge in [-0.2, -0.15) is 18.1 Å². The van der Waals surface area contributed by atoms with Gasteiger partial charge in [0, 0.05) is 21.7 Å². The van der Waals surface area contributed by atoms with E-state index < -0.39 is 43.0 Å². The molecule has 3 aromatic carbocycles. The van der Waals surface area contributed by atoms with Crippen LogP contribution >= 0.6 is 22.6 Å². The highest BCUT2D eigenvalue weighted by Crippen LogP contribution is 2.25. The van der Waals surface area contributed by atoms with Crippen molar-refractivity contribution < 1.29 is 25.9 Å². The van der Waals surface area contributed by atoms with Crippen LogP contribution in [0, 0.1) is 26.0 Å². The standard InChI is InChI=1S/C29H33IN6O7S2/c1-20-5-10-25(11-6-20)45(41,42)43-28(33-29(31)32)26(34-44(39,40)24-12-8-23(30)9-13-24)18-21-7-14-27(36(37)38)22(17-21)19-35-15-3-2-4-16-35/h5-14,17,26,34H,2-4,15-16,18-19H2,1H3,(H3,31,32)/t26-/m1/s1. The molecule has 4 rings (SSSR count). The van der Waals surface area contributed by atoms with Crippen LogP contribution in [0.25, 0.3) is 0 Å². The third kappa shape index (κ3) is 9.52. The lowest BCUT2D eigenvalue weighted by Gasteiger charge is -2.26. The van der Waals surface area contributed by atoms with Crippen LogP contribution in [0.1, 0.15) is 36.0 Å². The molecule has 0 spiro atoms. The summed E-state index contributed by atoms with van der Waals surface area (Å²) in [7, 11) is -8.84. The minimum absolute atomic E-state index is 0.0869. The smallest absolute Gasteiger partial charge is 0.340 e. The van der Waals surface area contributed by atoms with Crippen molar-refractivity contribution in [3.8, 4) is 0 Å². The number of guanidine groups is 1. The van der Waals surface area contributed by atoms with Gasteiger partial charge in [0.15, 0.2) is 0 Å². The minimum Gasteiger partial charge on any atom is -0.368 e. The Labute approximate surface area is 275 Å². The number of hydrogen-bond acceptors (Lipinski definition) is 9. The molecule has 0 saturated carbocycles. The van der Waals surface area contributed by atoms with Gasteiger partial charge in [0.25, 0.3) is 5.69 Å². The number of aryl methyl sites for hydroxylation is 1. The number of nitro benzene ring substituents is 1. The van der Waals surface area contributed by atoms with Crippen molar-refractivity contribution >= 4 is 60.3 Å². The Kier molecular flexibility index (Phi) is 11.3. The predicted octanol–water partition coefficient (Wildman–Crippen LogP) is 4.08. The zero-order valence-corrected chi connectivity index (χ0v) is 28.1. The Bertz CT molecular complexity index is 1790. The first kappa shape index (κ1) is 34.4. The van der Waals surface area contributed by atoms with E-state index in [0.29, 0.717) is 17.7 Å². The maximum Gasteiger partial charge on any atom is 0.340 e. The lowest BCUT2D eigenvalue weighted by molar-refractivity contribution is -0.385. The van der Waals surface area contributed by atoms with Crippen LogP contribution in [0.4, 0.5) is 5.69 Å². The molecular formula is C29H33IN6O7S2. The topological polar surface area (TPSA) is 198 Å². The molecule has 0 aromatic heterocycles. The Morgan fingerprint density at radius 3 is 2.27 bits per heavy atom. The molecule has 16 heteroatoms. The molecule has 1 heterocycles. The summed E-state index contributed by atoms with van der Waals surface area (Å²) in [6.07, 6.45) is 2.82. The van der Waals surface area contributed by atoms with Crippen LogP contribution in [0.3, 0.4) is 0 Å². The number of benzene rings is 3. The molecular weight excluding hydrogens is 735 g/mol. The van der Waals surface area contributed by atoms with E-state index in [1.165, 1.54) is 36.4 Å². The number of nitrogens with one attached hydrogen (secondary N) is 2. The summed E-state index contributed by atoms with van der Waals surface area (Å²) in [5.74, 6) is -1.51. The number of likely N-dealkylation sites (tertiary alicyclic amines) is 1. The van der Waals surface area contributed by atoms with Crippen LogP contribution in [0.2, 0.25) is 0 Å². The van der Waals surface area contributed by atoms with Gasteiger partial charge >= 0.3 is 10.1 Å². The number of aliphatic imine (C=N–C) groups is 1. The molecule has 3 aromatic rings. The summed E-state index contributed by atoms with van der Waals surface area (Å²) < 4.78 is 62.3. The molecule has 1 aliphatic heterocycles. The number of nitrogens with two attached hydrogens (primary N) is 1. The van der Waals surface area contributed by atoms with Crippen LogP contribution in [-0.2, 0) is 37.3 Å². The quantitative estimate of drug-likeness (QED) is 0.0643. The van der Waals surface area contributed by atoms with Crippen molar-refractivity contribution in [1.29, 1.82) is 5.41 Å². The number of piperidine rings is 1. The molecule has 13 nitrogen and oxygen atoms in total. The highest BCUT2D eigenvalue weighted by atomic mass is 127. The molecule has 4 N–H and O–H groups in total. The molecule has 0 radical (unpaired) electrons. The number of nitrogens with zero attached hydrogens (tertiary/aromatic N) is 3. The number of nitro groups is 1. The molecule has 0 amide bonds. The van der Waals surface area contributed by atoms with E-state index in [0.717, 1.165) is 41.5 Å². The van der Waals surface area contributed by atoms with Crippen LogP contribution < -0.4 is 10.5 Å². The number of rotatable bonds is 11. The van der Waals surface area contributed by atoms with Crippen LogP contribution in [0.5, 0.6) is 0 Å². The highest BCUT2D eigenvalue weighted by molar-refractivity contribution is 14.1. The molecule has 0 unspecified atom stereocenters. The van der Waals surface area contributed by atoms with Gasteiger partial charge in [-0.1, -0.05) is 30.2 Å². The minimum atomic E-state index is -4.55. The first-order valence-electron chi connectivity index (χ1n) is 13.9. The first-order chi connectivity index (χ1) is 21.2. The van der Waals surface area contributed by atoms with Gasteiger partial charge < -0.3 is 9.92 Å². The van der Waals surface area contributed by atoms with E-state index in [-0.39, 0.29) is 21.9 Å². The summed E-state index contributed by atoms with van der Waals surface area (Å²) in [5.41, 5.74) is 7.12. The number of halogens is 1. The van der Waals surface area contributed by atoms with Gasteiger partial charge in [-0.15, -0.1) is 0 Å². The lowest BCUT2D eigenvalue weighted by Crippen LogP contribution is -2.44.